The zero-order chi connectivity index (χ0) is 21.3. The number of carbonyl (C=O) groups is 1. The average Bonchev–Trinajstić information content (AvgIpc) is 3.36. The molecule has 2 aromatic carbocycles. The third-order valence-corrected chi connectivity index (χ3v) is 5.20. The second-order valence-electron chi connectivity index (χ2n) is 6.53. The number of aromatic nitrogens is 4. The molecule has 0 fully saturated rings. The zero-order valence-corrected chi connectivity index (χ0v) is 17.5. The number of nitrogens with one attached hydrogen (secondary N) is 1. The van der Waals surface area contributed by atoms with E-state index in [0.29, 0.717) is 21.4 Å². The standard InChI is InChI=1S/C21H18Cl2N6O/c1-2-14-10-11-25-29(14)15-8-6-13(7-9-15)26-18-12-28(27-19(18)21(24)30)20-16(22)4-3-5-17(20)23/h3-12,26H,2H2,1H3,(H2,24,30). The Bertz CT molecular complexity index is 1190. The lowest BCUT2D eigenvalue weighted by molar-refractivity contribution is 0.0996. The summed E-state index contributed by atoms with van der Waals surface area (Å²) >= 11 is 12.5. The molecule has 9 heteroatoms. The minimum atomic E-state index is -0.667. The number of aryl methyl sites for hydroxylation is 1. The number of nitrogens with zero attached hydrogens (tertiary/aromatic N) is 4. The van der Waals surface area contributed by atoms with E-state index in [1.807, 2.05) is 35.0 Å². The van der Waals surface area contributed by atoms with Gasteiger partial charge in [0.05, 0.1) is 27.6 Å². The molecule has 3 N–H and O–H groups in total. The molecule has 0 atom stereocenters. The molecule has 2 heterocycles. The summed E-state index contributed by atoms with van der Waals surface area (Å²) in [6.07, 6.45) is 4.29. The van der Waals surface area contributed by atoms with Crippen LogP contribution in [0.15, 0.2) is 60.9 Å². The largest absolute Gasteiger partial charge is 0.364 e. The van der Waals surface area contributed by atoms with Crippen molar-refractivity contribution in [1.82, 2.24) is 19.6 Å². The number of hydrogen-bond donors (Lipinski definition) is 2. The third-order valence-electron chi connectivity index (χ3n) is 4.59. The minimum Gasteiger partial charge on any atom is -0.364 e. The predicted octanol–water partition coefficient (Wildman–Crippen LogP) is 4.77. The van der Waals surface area contributed by atoms with E-state index in [1.165, 1.54) is 4.68 Å². The molecule has 0 unspecified atom stereocenters. The van der Waals surface area contributed by atoms with E-state index < -0.39 is 5.91 Å². The first-order valence-electron chi connectivity index (χ1n) is 9.22. The number of rotatable bonds is 6. The number of anilines is 2. The number of halogens is 2. The second kappa shape index (κ2) is 8.22. The Morgan fingerprint density at radius 3 is 2.43 bits per heavy atom. The van der Waals surface area contributed by atoms with Crippen LogP contribution in [0, 0.1) is 0 Å². The van der Waals surface area contributed by atoms with Gasteiger partial charge in [0.15, 0.2) is 5.69 Å². The van der Waals surface area contributed by atoms with Crippen molar-refractivity contribution in [2.24, 2.45) is 5.73 Å². The number of para-hydroxylation sites is 1. The van der Waals surface area contributed by atoms with Crippen molar-refractivity contribution in [3.63, 3.8) is 0 Å². The maximum atomic E-state index is 11.9. The molecule has 0 spiro atoms. The van der Waals surface area contributed by atoms with E-state index >= 15 is 0 Å². The normalized spacial score (nSPS) is 10.9. The molecule has 30 heavy (non-hydrogen) atoms. The number of carbonyl (C=O) groups excluding carboxylic acids is 1. The molecular formula is C21H18Cl2N6O. The van der Waals surface area contributed by atoms with Gasteiger partial charge < -0.3 is 11.1 Å². The second-order valence-corrected chi connectivity index (χ2v) is 7.34. The predicted molar refractivity (Wildman–Crippen MR) is 118 cm³/mol. The van der Waals surface area contributed by atoms with Gasteiger partial charge in [-0.2, -0.15) is 10.2 Å². The fourth-order valence-electron chi connectivity index (χ4n) is 3.14. The molecule has 0 saturated carbocycles. The highest BCUT2D eigenvalue weighted by molar-refractivity contribution is 6.37. The molecule has 152 valence electrons. The van der Waals surface area contributed by atoms with Gasteiger partial charge in [-0.3, -0.25) is 4.79 Å². The highest BCUT2D eigenvalue weighted by Crippen LogP contribution is 2.30. The first-order chi connectivity index (χ1) is 14.5. The lowest BCUT2D eigenvalue weighted by atomic mass is 10.2. The van der Waals surface area contributed by atoms with Crippen LogP contribution in [0.5, 0.6) is 0 Å². The van der Waals surface area contributed by atoms with Crippen LogP contribution in [0.1, 0.15) is 23.1 Å². The van der Waals surface area contributed by atoms with E-state index in [9.17, 15) is 4.79 Å². The number of amides is 1. The molecule has 0 saturated heterocycles. The quantitative estimate of drug-likeness (QED) is 0.451. The fraction of sp³-hybridized carbons (Fsp3) is 0.0952. The van der Waals surface area contributed by atoms with Crippen LogP contribution in [0.2, 0.25) is 10.0 Å². The maximum absolute atomic E-state index is 11.9. The SMILES string of the molecule is CCc1ccnn1-c1ccc(Nc2cn(-c3c(Cl)cccc3Cl)nc2C(N)=O)cc1. The first kappa shape index (κ1) is 20.0. The van der Waals surface area contributed by atoms with Crippen molar-refractivity contribution in [3.05, 3.63) is 82.4 Å². The Morgan fingerprint density at radius 1 is 1.10 bits per heavy atom. The van der Waals surface area contributed by atoms with E-state index in [4.69, 9.17) is 28.9 Å². The van der Waals surface area contributed by atoms with Gasteiger partial charge in [0.2, 0.25) is 0 Å². The van der Waals surface area contributed by atoms with Crippen molar-refractivity contribution < 1.29 is 4.79 Å². The summed E-state index contributed by atoms with van der Waals surface area (Å²) in [7, 11) is 0. The molecule has 7 nitrogen and oxygen atoms in total. The van der Waals surface area contributed by atoms with E-state index in [-0.39, 0.29) is 5.69 Å². The van der Waals surface area contributed by atoms with Crippen LogP contribution in [0.25, 0.3) is 11.4 Å². The molecule has 0 aliphatic heterocycles. The highest BCUT2D eigenvalue weighted by atomic mass is 35.5. The average molecular weight is 441 g/mol. The van der Waals surface area contributed by atoms with Gasteiger partial charge in [0.25, 0.3) is 5.91 Å². The Hall–Kier alpha value is -3.29. The van der Waals surface area contributed by atoms with Gasteiger partial charge in [-0.05, 0) is 48.9 Å². The van der Waals surface area contributed by atoms with Crippen LogP contribution in [-0.2, 0) is 6.42 Å². The zero-order valence-electron chi connectivity index (χ0n) is 16.0. The van der Waals surface area contributed by atoms with Crippen molar-refractivity contribution >= 4 is 40.5 Å². The molecule has 0 aliphatic carbocycles. The first-order valence-corrected chi connectivity index (χ1v) is 9.97. The minimum absolute atomic E-state index is 0.0791. The summed E-state index contributed by atoms with van der Waals surface area (Å²) in [5.74, 6) is -0.667. The van der Waals surface area contributed by atoms with E-state index in [0.717, 1.165) is 23.5 Å². The Kier molecular flexibility index (Phi) is 5.48. The van der Waals surface area contributed by atoms with Gasteiger partial charge in [-0.1, -0.05) is 36.2 Å². The summed E-state index contributed by atoms with van der Waals surface area (Å²) in [4.78, 5) is 11.9. The molecule has 0 aliphatic rings. The lowest BCUT2D eigenvalue weighted by Gasteiger charge is -2.09. The van der Waals surface area contributed by atoms with Crippen LogP contribution >= 0.6 is 23.2 Å². The summed E-state index contributed by atoms with van der Waals surface area (Å²) < 4.78 is 3.33. The molecule has 4 rings (SSSR count). The Balaban J connectivity index is 1.66. The van der Waals surface area contributed by atoms with Gasteiger partial charge in [0.1, 0.15) is 5.69 Å². The number of nitrogens with two attached hydrogens (primary N) is 1. The van der Waals surface area contributed by atoms with Gasteiger partial charge in [-0.15, -0.1) is 0 Å². The summed E-state index contributed by atoms with van der Waals surface area (Å²) in [5.41, 5.74) is 9.33. The van der Waals surface area contributed by atoms with Gasteiger partial charge in [-0.25, -0.2) is 9.36 Å². The van der Waals surface area contributed by atoms with Crippen LogP contribution in [0.3, 0.4) is 0 Å². The Labute approximate surface area is 183 Å². The van der Waals surface area contributed by atoms with E-state index in [2.05, 4.69) is 22.4 Å². The maximum Gasteiger partial charge on any atom is 0.271 e. The number of hydrogen-bond acceptors (Lipinski definition) is 4. The van der Waals surface area contributed by atoms with Crippen molar-refractivity contribution in [3.8, 4) is 11.4 Å². The topological polar surface area (TPSA) is 90.8 Å². The molecular weight excluding hydrogens is 423 g/mol. The molecule has 4 aromatic rings. The van der Waals surface area contributed by atoms with Crippen LogP contribution < -0.4 is 11.1 Å². The Morgan fingerprint density at radius 2 is 1.80 bits per heavy atom. The van der Waals surface area contributed by atoms with Crippen molar-refractivity contribution in [2.45, 2.75) is 13.3 Å². The fourth-order valence-corrected chi connectivity index (χ4v) is 3.71. The monoisotopic (exact) mass is 440 g/mol. The lowest BCUT2D eigenvalue weighted by Crippen LogP contribution is -2.14. The summed E-state index contributed by atoms with van der Waals surface area (Å²) in [6.45, 7) is 2.08. The smallest absolute Gasteiger partial charge is 0.271 e. The number of primary amides is 1. The van der Waals surface area contributed by atoms with Gasteiger partial charge in [0, 0.05) is 17.6 Å². The molecule has 2 aromatic heterocycles. The number of benzene rings is 2. The van der Waals surface area contributed by atoms with Crippen LogP contribution in [0.4, 0.5) is 11.4 Å². The molecule has 0 radical (unpaired) electrons. The third kappa shape index (κ3) is 3.77. The van der Waals surface area contributed by atoms with Crippen LogP contribution in [-0.4, -0.2) is 25.5 Å². The van der Waals surface area contributed by atoms with Gasteiger partial charge >= 0.3 is 0 Å². The molecule has 1 amide bonds. The highest BCUT2D eigenvalue weighted by Gasteiger charge is 2.18. The molecule has 0 bridgehead atoms. The van der Waals surface area contributed by atoms with E-state index in [1.54, 1.807) is 30.6 Å². The van der Waals surface area contributed by atoms with Crippen molar-refractivity contribution in [2.75, 3.05) is 5.32 Å². The summed E-state index contributed by atoms with van der Waals surface area (Å²) in [5, 5.41) is 12.6. The van der Waals surface area contributed by atoms with Crippen molar-refractivity contribution in [1.29, 1.82) is 0 Å². The summed E-state index contributed by atoms with van der Waals surface area (Å²) in [6, 6.07) is 14.8.